The quantitative estimate of drug-likeness (QED) is 0.643. The summed E-state index contributed by atoms with van der Waals surface area (Å²) in [5.41, 5.74) is 0. The topological polar surface area (TPSA) is 30.7 Å². The van der Waals surface area contributed by atoms with Gasteiger partial charge < -0.3 is 0 Å². The number of nitrogens with zero attached hydrogens (tertiary/aromatic N) is 3. The molecule has 0 aromatic carbocycles. The van der Waals surface area contributed by atoms with Crippen LogP contribution in [-0.4, -0.2) is 14.8 Å². The van der Waals surface area contributed by atoms with Gasteiger partial charge in [0.05, 0.1) is 6.04 Å². The summed E-state index contributed by atoms with van der Waals surface area (Å²) in [7, 11) is 0. The largest absolute Gasteiger partial charge is 0.244 e. The molecule has 0 N–H and O–H groups in total. The summed E-state index contributed by atoms with van der Waals surface area (Å²) in [6.07, 6.45) is 0.568. The standard InChI is InChI=1S/C8H12FN3/c1-3-6-4-7(9)8-10-5(2)11-12(6)8/h6-7H,3-4H2,1-2H3. The molecule has 0 fully saturated rings. The van der Waals surface area contributed by atoms with E-state index in [2.05, 4.69) is 10.1 Å². The molecule has 1 aliphatic rings. The molecule has 4 heteroatoms. The molecule has 2 rings (SSSR count). The normalized spacial score (nSPS) is 27.6. The fraction of sp³-hybridized carbons (Fsp3) is 0.750. The van der Waals surface area contributed by atoms with Crippen LogP contribution in [0.5, 0.6) is 0 Å². The fourth-order valence-corrected chi connectivity index (χ4v) is 1.71. The van der Waals surface area contributed by atoms with Gasteiger partial charge in [0.15, 0.2) is 12.0 Å². The average Bonchev–Trinajstić information content (AvgIpc) is 2.52. The van der Waals surface area contributed by atoms with Crippen LogP contribution in [-0.2, 0) is 0 Å². The highest BCUT2D eigenvalue weighted by Gasteiger charge is 2.32. The van der Waals surface area contributed by atoms with E-state index in [1.165, 1.54) is 0 Å². The maximum atomic E-state index is 13.2. The van der Waals surface area contributed by atoms with Crippen molar-refractivity contribution in [1.29, 1.82) is 0 Å². The zero-order valence-electron chi connectivity index (χ0n) is 7.29. The van der Waals surface area contributed by atoms with Gasteiger partial charge in [0.1, 0.15) is 5.82 Å². The van der Waals surface area contributed by atoms with Crippen LogP contribution in [0.1, 0.15) is 43.6 Å². The molecule has 1 aliphatic heterocycles. The first-order valence-electron chi connectivity index (χ1n) is 4.29. The molecule has 0 bridgehead atoms. The number of hydrogen-bond acceptors (Lipinski definition) is 2. The van der Waals surface area contributed by atoms with Gasteiger partial charge in [-0.25, -0.2) is 14.1 Å². The molecule has 2 heterocycles. The first-order valence-corrected chi connectivity index (χ1v) is 4.29. The van der Waals surface area contributed by atoms with Crippen LogP contribution < -0.4 is 0 Å². The van der Waals surface area contributed by atoms with Crippen LogP contribution >= 0.6 is 0 Å². The van der Waals surface area contributed by atoms with E-state index in [1.807, 2.05) is 6.92 Å². The second-order valence-corrected chi connectivity index (χ2v) is 3.23. The molecule has 3 nitrogen and oxygen atoms in total. The fourth-order valence-electron chi connectivity index (χ4n) is 1.71. The Kier molecular flexibility index (Phi) is 1.63. The number of aromatic nitrogens is 3. The molecule has 0 radical (unpaired) electrons. The first kappa shape index (κ1) is 7.71. The molecule has 0 saturated carbocycles. The van der Waals surface area contributed by atoms with Crippen molar-refractivity contribution >= 4 is 0 Å². The van der Waals surface area contributed by atoms with Crippen molar-refractivity contribution in [3.63, 3.8) is 0 Å². The highest BCUT2D eigenvalue weighted by molar-refractivity contribution is 5.03. The van der Waals surface area contributed by atoms with E-state index in [-0.39, 0.29) is 6.04 Å². The number of fused-ring (bicyclic) bond motifs is 1. The lowest BCUT2D eigenvalue weighted by Crippen LogP contribution is -2.04. The maximum Gasteiger partial charge on any atom is 0.162 e. The van der Waals surface area contributed by atoms with Crippen molar-refractivity contribution in [2.45, 2.75) is 38.9 Å². The molecular weight excluding hydrogens is 157 g/mol. The molecule has 12 heavy (non-hydrogen) atoms. The SMILES string of the molecule is CCC1CC(F)c2nc(C)nn21. The van der Waals surface area contributed by atoms with Gasteiger partial charge in [-0.05, 0) is 13.3 Å². The van der Waals surface area contributed by atoms with E-state index in [1.54, 1.807) is 11.6 Å². The molecule has 0 amide bonds. The van der Waals surface area contributed by atoms with Gasteiger partial charge >= 0.3 is 0 Å². The van der Waals surface area contributed by atoms with E-state index < -0.39 is 6.17 Å². The van der Waals surface area contributed by atoms with Crippen molar-refractivity contribution in [2.24, 2.45) is 0 Å². The first-order chi connectivity index (χ1) is 5.72. The lowest BCUT2D eigenvalue weighted by Gasteiger charge is -2.05. The van der Waals surface area contributed by atoms with E-state index in [0.717, 1.165) is 6.42 Å². The number of halogens is 1. The molecule has 2 atom stereocenters. The summed E-state index contributed by atoms with van der Waals surface area (Å²) in [5.74, 6) is 1.19. The van der Waals surface area contributed by atoms with Crippen LogP contribution in [0, 0.1) is 6.92 Å². The van der Waals surface area contributed by atoms with E-state index >= 15 is 0 Å². The Morgan fingerprint density at radius 3 is 3.08 bits per heavy atom. The van der Waals surface area contributed by atoms with Gasteiger partial charge in [0.25, 0.3) is 0 Å². The van der Waals surface area contributed by atoms with Crippen molar-refractivity contribution < 1.29 is 4.39 Å². The Morgan fingerprint density at radius 2 is 2.42 bits per heavy atom. The summed E-state index contributed by atoms with van der Waals surface area (Å²) in [6, 6.07) is 0.219. The Balaban J connectivity index is 2.41. The summed E-state index contributed by atoms with van der Waals surface area (Å²) >= 11 is 0. The van der Waals surface area contributed by atoms with Gasteiger partial charge in [-0.3, -0.25) is 0 Å². The average molecular weight is 169 g/mol. The monoisotopic (exact) mass is 169 g/mol. The number of alkyl halides is 1. The molecule has 66 valence electrons. The predicted octanol–water partition coefficient (Wildman–Crippen LogP) is 1.95. The summed E-state index contributed by atoms with van der Waals surface area (Å²) in [6.45, 7) is 3.84. The van der Waals surface area contributed by atoms with Crippen LogP contribution in [0.15, 0.2) is 0 Å². The lowest BCUT2D eigenvalue weighted by atomic mass is 10.1. The molecule has 0 spiro atoms. The number of rotatable bonds is 1. The third-order valence-electron chi connectivity index (χ3n) is 2.34. The van der Waals surface area contributed by atoms with Gasteiger partial charge in [-0.15, -0.1) is 0 Å². The molecule has 0 aliphatic carbocycles. The van der Waals surface area contributed by atoms with Gasteiger partial charge in [-0.1, -0.05) is 6.92 Å². The minimum atomic E-state index is -0.906. The van der Waals surface area contributed by atoms with Crippen LogP contribution in [0.25, 0.3) is 0 Å². The van der Waals surface area contributed by atoms with Gasteiger partial charge in [-0.2, -0.15) is 5.10 Å². The Morgan fingerprint density at radius 1 is 1.67 bits per heavy atom. The molecule has 2 unspecified atom stereocenters. The smallest absolute Gasteiger partial charge is 0.162 e. The van der Waals surface area contributed by atoms with Crippen molar-refractivity contribution in [3.8, 4) is 0 Å². The van der Waals surface area contributed by atoms with Gasteiger partial charge in [0.2, 0.25) is 0 Å². The second-order valence-electron chi connectivity index (χ2n) is 3.23. The molecular formula is C8H12FN3. The highest BCUT2D eigenvalue weighted by atomic mass is 19.1. The molecule has 1 aromatic heterocycles. The van der Waals surface area contributed by atoms with Gasteiger partial charge in [0, 0.05) is 6.42 Å². The zero-order valence-corrected chi connectivity index (χ0v) is 7.29. The molecule has 0 saturated heterocycles. The minimum absolute atomic E-state index is 0.219. The summed E-state index contributed by atoms with van der Waals surface area (Å²) in [5, 5.41) is 4.16. The Bertz CT molecular complexity index is 294. The van der Waals surface area contributed by atoms with Crippen LogP contribution in [0.4, 0.5) is 4.39 Å². The van der Waals surface area contributed by atoms with E-state index in [4.69, 9.17) is 0 Å². The van der Waals surface area contributed by atoms with E-state index in [0.29, 0.717) is 18.1 Å². The molecule has 1 aromatic rings. The number of aryl methyl sites for hydroxylation is 1. The van der Waals surface area contributed by atoms with Crippen LogP contribution in [0.3, 0.4) is 0 Å². The van der Waals surface area contributed by atoms with Crippen molar-refractivity contribution in [1.82, 2.24) is 14.8 Å². The Hall–Kier alpha value is -0.930. The minimum Gasteiger partial charge on any atom is -0.244 e. The summed E-state index contributed by atoms with van der Waals surface area (Å²) < 4.78 is 15.0. The zero-order chi connectivity index (χ0) is 8.72. The Labute approximate surface area is 70.6 Å². The van der Waals surface area contributed by atoms with Crippen molar-refractivity contribution in [2.75, 3.05) is 0 Å². The third kappa shape index (κ3) is 0.940. The third-order valence-corrected chi connectivity index (χ3v) is 2.34. The predicted molar refractivity (Wildman–Crippen MR) is 42.6 cm³/mol. The highest BCUT2D eigenvalue weighted by Crippen LogP contribution is 2.36. The lowest BCUT2D eigenvalue weighted by molar-refractivity contribution is 0.315. The number of hydrogen-bond donors (Lipinski definition) is 0. The van der Waals surface area contributed by atoms with E-state index in [9.17, 15) is 4.39 Å². The second kappa shape index (κ2) is 2.54. The summed E-state index contributed by atoms with van der Waals surface area (Å²) in [4.78, 5) is 4.05. The maximum absolute atomic E-state index is 13.2. The van der Waals surface area contributed by atoms with Crippen molar-refractivity contribution in [3.05, 3.63) is 11.6 Å². The van der Waals surface area contributed by atoms with Crippen LogP contribution in [0.2, 0.25) is 0 Å².